The summed E-state index contributed by atoms with van der Waals surface area (Å²) < 4.78 is 56.6. The number of fused-ring (bicyclic) bond motifs is 2. The minimum atomic E-state index is -3.66. The zero-order chi connectivity index (χ0) is 18.4. The normalized spacial score (nSPS) is 27.7. The van der Waals surface area contributed by atoms with Crippen LogP contribution in [-0.2, 0) is 20.2 Å². The van der Waals surface area contributed by atoms with Crippen LogP contribution in [0.4, 0.5) is 5.69 Å². The zero-order valence-electron chi connectivity index (χ0n) is 14.7. The molecule has 3 aliphatic rings. The number of hydrogen-bond acceptors (Lipinski definition) is 4. The van der Waals surface area contributed by atoms with Crippen molar-refractivity contribution < 1.29 is 16.8 Å². The van der Waals surface area contributed by atoms with E-state index >= 15 is 0 Å². The molecule has 4 rings (SSSR count). The van der Waals surface area contributed by atoms with Crippen LogP contribution in [0.5, 0.6) is 0 Å². The van der Waals surface area contributed by atoms with Crippen molar-refractivity contribution in [1.82, 2.24) is 8.61 Å². The third-order valence-electron chi connectivity index (χ3n) is 5.70. The van der Waals surface area contributed by atoms with Crippen LogP contribution in [0.2, 0.25) is 0 Å². The van der Waals surface area contributed by atoms with Crippen molar-refractivity contribution in [2.24, 2.45) is 5.92 Å². The molecule has 2 aliphatic heterocycles. The summed E-state index contributed by atoms with van der Waals surface area (Å²) in [5.41, 5.74) is 0.297. The molecule has 2 saturated heterocycles. The minimum Gasteiger partial charge on any atom is -0.271 e. The highest BCUT2D eigenvalue weighted by Gasteiger charge is 2.43. The van der Waals surface area contributed by atoms with E-state index in [2.05, 4.69) is 4.72 Å². The van der Waals surface area contributed by atoms with Crippen LogP contribution >= 0.6 is 0 Å². The summed E-state index contributed by atoms with van der Waals surface area (Å²) in [6.45, 7) is 1.61. The van der Waals surface area contributed by atoms with Crippen LogP contribution < -0.4 is 4.72 Å². The van der Waals surface area contributed by atoms with Crippen molar-refractivity contribution in [2.75, 3.05) is 24.4 Å². The Morgan fingerprint density at radius 3 is 2.42 bits per heavy atom. The molecule has 7 nitrogen and oxygen atoms in total. The maximum atomic E-state index is 12.8. The number of nitrogens with zero attached hydrogens (tertiary/aromatic N) is 2. The lowest BCUT2D eigenvalue weighted by atomic mass is 10.1. The summed E-state index contributed by atoms with van der Waals surface area (Å²) >= 11 is 0. The third kappa shape index (κ3) is 3.37. The molecule has 3 fully saturated rings. The van der Waals surface area contributed by atoms with Gasteiger partial charge in [-0.05, 0) is 56.2 Å². The van der Waals surface area contributed by atoms with E-state index < -0.39 is 20.2 Å². The van der Waals surface area contributed by atoms with Crippen LogP contribution in [0.25, 0.3) is 0 Å². The quantitative estimate of drug-likeness (QED) is 0.820. The predicted octanol–water partition coefficient (Wildman–Crippen LogP) is 2.00. The van der Waals surface area contributed by atoms with Crippen molar-refractivity contribution in [3.63, 3.8) is 0 Å². The Morgan fingerprint density at radius 1 is 1.00 bits per heavy atom. The third-order valence-corrected chi connectivity index (χ3v) is 9.15. The molecule has 1 aliphatic carbocycles. The van der Waals surface area contributed by atoms with Gasteiger partial charge in [-0.2, -0.15) is 17.0 Å². The smallest absolute Gasteiger partial charge is 0.271 e. The summed E-state index contributed by atoms with van der Waals surface area (Å²) in [5.74, 6) is 0.461. The topological polar surface area (TPSA) is 86.8 Å². The van der Waals surface area contributed by atoms with Gasteiger partial charge in [0, 0.05) is 25.7 Å². The number of rotatable bonds is 5. The first-order chi connectivity index (χ1) is 12.4. The fourth-order valence-electron chi connectivity index (χ4n) is 4.36. The summed E-state index contributed by atoms with van der Waals surface area (Å²) in [6, 6.07) is 6.22. The molecule has 1 aromatic carbocycles. The van der Waals surface area contributed by atoms with Crippen molar-refractivity contribution in [3.8, 4) is 0 Å². The van der Waals surface area contributed by atoms with Crippen molar-refractivity contribution in [2.45, 2.75) is 49.5 Å². The molecule has 0 amide bonds. The Balaban J connectivity index is 1.54. The molecule has 9 heteroatoms. The molecule has 26 heavy (non-hydrogen) atoms. The van der Waals surface area contributed by atoms with Gasteiger partial charge in [-0.3, -0.25) is 4.72 Å². The van der Waals surface area contributed by atoms with E-state index in [1.165, 1.54) is 20.7 Å². The average Bonchev–Trinajstić information content (AvgIpc) is 3.26. The molecule has 1 N–H and O–H groups in total. The highest BCUT2D eigenvalue weighted by Crippen LogP contribution is 2.39. The molecule has 144 valence electrons. The molecule has 0 aromatic heterocycles. The van der Waals surface area contributed by atoms with Crippen LogP contribution in [0, 0.1) is 5.92 Å². The highest BCUT2D eigenvalue weighted by atomic mass is 32.2. The van der Waals surface area contributed by atoms with Gasteiger partial charge in [-0.15, -0.1) is 0 Å². The van der Waals surface area contributed by atoms with E-state index in [9.17, 15) is 16.8 Å². The molecule has 0 radical (unpaired) electrons. The fourth-order valence-corrected chi connectivity index (χ4v) is 7.45. The van der Waals surface area contributed by atoms with E-state index in [0.29, 0.717) is 31.2 Å². The highest BCUT2D eigenvalue weighted by molar-refractivity contribution is 7.90. The van der Waals surface area contributed by atoms with Gasteiger partial charge in [0.2, 0.25) is 10.0 Å². The lowest BCUT2D eigenvalue weighted by Crippen LogP contribution is -2.41. The SMILES string of the molecule is O=S(=O)(Nc1cccc(S(=O)(=O)N2CCCCC2)c1)N1C[C@H]2CC[C@H]1C2. The number of sulfonamides is 1. The van der Waals surface area contributed by atoms with Gasteiger partial charge in [0.15, 0.2) is 0 Å². The molecule has 0 spiro atoms. The van der Waals surface area contributed by atoms with Gasteiger partial charge in [0.1, 0.15) is 0 Å². The molecule has 2 atom stereocenters. The lowest BCUT2D eigenvalue weighted by Gasteiger charge is -2.27. The Bertz CT molecular complexity index is 879. The van der Waals surface area contributed by atoms with E-state index in [1.807, 2.05) is 0 Å². The number of hydrogen-bond donors (Lipinski definition) is 1. The van der Waals surface area contributed by atoms with Gasteiger partial charge in [0.05, 0.1) is 10.6 Å². The second-order valence-corrected chi connectivity index (χ2v) is 11.1. The summed E-state index contributed by atoms with van der Waals surface area (Å²) in [4.78, 5) is 0.141. The largest absolute Gasteiger partial charge is 0.301 e. The molecule has 1 saturated carbocycles. The number of piperidine rings is 2. The molecule has 2 bridgehead atoms. The monoisotopic (exact) mass is 399 g/mol. The Labute approximate surface area is 155 Å². The first-order valence-electron chi connectivity index (χ1n) is 9.26. The van der Waals surface area contributed by atoms with Gasteiger partial charge >= 0.3 is 10.2 Å². The first-order valence-corrected chi connectivity index (χ1v) is 12.1. The van der Waals surface area contributed by atoms with E-state index in [0.717, 1.165) is 38.5 Å². The number of anilines is 1. The standard InChI is InChI=1S/C17H25N3O4S2/c21-25(22,19-9-2-1-3-10-19)17-6-4-5-15(12-17)18-26(23,24)20-13-14-7-8-16(20)11-14/h4-6,12,14,16,18H,1-3,7-11,13H2/t14-,16-/m0/s1. The van der Waals surface area contributed by atoms with Gasteiger partial charge in [-0.25, -0.2) is 8.42 Å². The van der Waals surface area contributed by atoms with E-state index in [-0.39, 0.29) is 10.9 Å². The van der Waals surface area contributed by atoms with E-state index in [4.69, 9.17) is 0 Å². The van der Waals surface area contributed by atoms with Gasteiger partial charge < -0.3 is 0 Å². The van der Waals surface area contributed by atoms with Crippen LogP contribution in [0.3, 0.4) is 0 Å². The van der Waals surface area contributed by atoms with Crippen LogP contribution in [-0.4, -0.2) is 51.1 Å². The van der Waals surface area contributed by atoms with Crippen LogP contribution in [0.1, 0.15) is 38.5 Å². The van der Waals surface area contributed by atoms with E-state index in [1.54, 1.807) is 12.1 Å². The molecular weight excluding hydrogens is 374 g/mol. The zero-order valence-corrected chi connectivity index (χ0v) is 16.3. The maximum Gasteiger partial charge on any atom is 0.301 e. The van der Waals surface area contributed by atoms with Gasteiger partial charge in [0.25, 0.3) is 0 Å². The number of nitrogens with one attached hydrogen (secondary N) is 1. The maximum absolute atomic E-state index is 12.8. The Kier molecular flexibility index (Phi) is 4.75. The fraction of sp³-hybridized carbons (Fsp3) is 0.647. The van der Waals surface area contributed by atoms with Crippen molar-refractivity contribution in [3.05, 3.63) is 24.3 Å². The molecule has 0 unspecified atom stereocenters. The Morgan fingerprint density at radius 2 is 1.77 bits per heavy atom. The molecule has 2 heterocycles. The second-order valence-electron chi connectivity index (χ2n) is 7.50. The second kappa shape index (κ2) is 6.78. The summed E-state index contributed by atoms with van der Waals surface area (Å²) in [5, 5.41) is 0. The Hall–Kier alpha value is -1.16. The minimum absolute atomic E-state index is 0.0813. The molecule has 1 aromatic rings. The van der Waals surface area contributed by atoms with Crippen LogP contribution in [0.15, 0.2) is 29.2 Å². The predicted molar refractivity (Wildman–Crippen MR) is 99.4 cm³/mol. The molecular formula is C17H25N3O4S2. The number of benzene rings is 1. The first kappa shape index (κ1) is 18.2. The van der Waals surface area contributed by atoms with Gasteiger partial charge in [-0.1, -0.05) is 12.5 Å². The van der Waals surface area contributed by atoms with Crippen molar-refractivity contribution >= 4 is 25.9 Å². The summed E-state index contributed by atoms with van der Waals surface area (Å²) in [7, 11) is -7.24. The average molecular weight is 400 g/mol. The lowest BCUT2D eigenvalue weighted by molar-refractivity contribution is 0.335. The van der Waals surface area contributed by atoms with Crippen molar-refractivity contribution in [1.29, 1.82) is 0 Å². The summed E-state index contributed by atoms with van der Waals surface area (Å²) in [6.07, 6.45) is 5.72.